The Morgan fingerprint density at radius 3 is 2.93 bits per heavy atom. The second-order valence-corrected chi connectivity index (χ2v) is 3.35. The summed E-state index contributed by atoms with van der Waals surface area (Å²) in [6, 6.07) is 3.07. The highest BCUT2D eigenvalue weighted by molar-refractivity contribution is 5.98. The first-order valence-electron chi connectivity index (χ1n) is 4.65. The van der Waals surface area contributed by atoms with Gasteiger partial charge in [-0.1, -0.05) is 0 Å². The predicted molar refractivity (Wildman–Crippen MR) is 52.8 cm³/mol. The zero-order valence-electron chi connectivity index (χ0n) is 8.07. The van der Waals surface area contributed by atoms with E-state index in [2.05, 4.69) is 14.9 Å². The minimum atomic E-state index is -0.451. The fraction of sp³-hybridized carbons (Fsp3) is 0.400. The summed E-state index contributed by atoms with van der Waals surface area (Å²) in [5.41, 5.74) is 0.883. The summed E-state index contributed by atoms with van der Waals surface area (Å²) < 4.78 is 12.6. The van der Waals surface area contributed by atoms with Gasteiger partial charge in [0.1, 0.15) is 5.84 Å². The van der Waals surface area contributed by atoms with Crippen molar-refractivity contribution in [2.24, 2.45) is 4.99 Å². The van der Waals surface area contributed by atoms with Crippen molar-refractivity contribution >= 4 is 5.84 Å². The lowest BCUT2D eigenvalue weighted by molar-refractivity contribution is 0.468. The summed E-state index contributed by atoms with van der Waals surface area (Å²) >= 11 is 0. The molecule has 3 nitrogen and oxygen atoms in total. The Kier molecular flexibility index (Phi) is 2.43. The summed E-state index contributed by atoms with van der Waals surface area (Å²) in [4.78, 5) is 10.1. The van der Waals surface area contributed by atoms with Gasteiger partial charge in [0.25, 0.3) is 0 Å². The van der Waals surface area contributed by atoms with Crippen molar-refractivity contribution in [1.82, 2.24) is 9.88 Å². The summed E-state index contributed by atoms with van der Waals surface area (Å²) in [6.45, 7) is 1.84. The summed E-state index contributed by atoms with van der Waals surface area (Å²) in [7, 11) is 1.99. The average Bonchev–Trinajstić information content (AvgIpc) is 2.20. The number of pyridine rings is 1. The lowest BCUT2D eigenvalue weighted by Gasteiger charge is -2.24. The topological polar surface area (TPSA) is 28.5 Å². The van der Waals surface area contributed by atoms with Crippen LogP contribution in [0.15, 0.2) is 23.3 Å². The van der Waals surface area contributed by atoms with Gasteiger partial charge in [0, 0.05) is 31.9 Å². The van der Waals surface area contributed by atoms with Crippen LogP contribution >= 0.6 is 0 Å². The molecule has 1 aromatic rings. The van der Waals surface area contributed by atoms with Gasteiger partial charge < -0.3 is 4.90 Å². The van der Waals surface area contributed by atoms with E-state index in [4.69, 9.17) is 0 Å². The maximum Gasteiger partial charge on any atom is 0.212 e. The zero-order chi connectivity index (χ0) is 9.97. The maximum atomic E-state index is 12.6. The minimum Gasteiger partial charge on any atom is -0.359 e. The van der Waals surface area contributed by atoms with Crippen LogP contribution in [-0.4, -0.2) is 35.9 Å². The molecule has 4 heteroatoms. The monoisotopic (exact) mass is 193 g/mol. The van der Waals surface area contributed by atoms with Crippen LogP contribution in [0.3, 0.4) is 0 Å². The van der Waals surface area contributed by atoms with Crippen molar-refractivity contribution in [2.45, 2.75) is 6.42 Å². The van der Waals surface area contributed by atoms with Gasteiger partial charge in [-0.25, -0.2) is 4.98 Å². The van der Waals surface area contributed by atoms with Crippen LogP contribution < -0.4 is 0 Å². The molecular weight excluding hydrogens is 181 g/mol. The van der Waals surface area contributed by atoms with E-state index in [1.54, 1.807) is 6.07 Å². The van der Waals surface area contributed by atoms with Gasteiger partial charge in [0.15, 0.2) is 0 Å². The van der Waals surface area contributed by atoms with E-state index in [9.17, 15) is 4.39 Å². The van der Waals surface area contributed by atoms with E-state index in [0.29, 0.717) is 0 Å². The van der Waals surface area contributed by atoms with Crippen molar-refractivity contribution in [2.75, 3.05) is 20.1 Å². The van der Waals surface area contributed by atoms with Crippen LogP contribution in [0.25, 0.3) is 0 Å². The van der Waals surface area contributed by atoms with Crippen molar-refractivity contribution in [3.8, 4) is 0 Å². The van der Waals surface area contributed by atoms with Crippen molar-refractivity contribution in [1.29, 1.82) is 0 Å². The molecule has 0 atom stereocenters. The first-order valence-corrected chi connectivity index (χ1v) is 4.65. The van der Waals surface area contributed by atoms with Crippen LogP contribution in [0.2, 0.25) is 0 Å². The third kappa shape index (κ3) is 1.73. The zero-order valence-corrected chi connectivity index (χ0v) is 8.07. The van der Waals surface area contributed by atoms with Gasteiger partial charge in [-0.2, -0.15) is 4.39 Å². The second-order valence-electron chi connectivity index (χ2n) is 3.35. The number of hydrogen-bond acceptors (Lipinski definition) is 3. The van der Waals surface area contributed by atoms with Crippen molar-refractivity contribution < 1.29 is 4.39 Å². The minimum absolute atomic E-state index is 0.451. The fourth-order valence-electron chi connectivity index (χ4n) is 1.54. The number of aliphatic imine (C=N–C) groups is 1. The lowest BCUT2D eigenvalue weighted by Crippen LogP contribution is -2.32. The molecule has 0 spiro atoms. The Morgan fingerprint density at radius 1 is 1.43 bits per heavy atom. The molecule has 14 heavy (non-hydrogen) atoms. The van der Waals surface area contributed by atoms with Crippen LogP contribution in [0.4, 0.5) is 4.39 Å². The summed E-state index contributed by atoms with van der Waals surface area (Å²) in [6.07, 6.45) is 2.60. The van der Waals surface area contributed by atoms with Crippen molar-refractivity contribution in [3.63, 3.8) is 0 Å². The van der Waals surface area contributed by atoms with E-state index >= 15 is 0 Å². The van der Waals surface area contributed by atoms with E-state index < -0.39 is 5.95 Å². The predicted octanol–water partition coefficient (Wildman–Crippen LogP) is 1.30. The number of rotatable bonds is 1. The Hall–Kier alpha value is -1.45. The van der Waals surface area contributed by atoms with Gasteiger partial charge in [-0.05, 0) is 18.6 Å². The van der Waals surface area contributed by atoms with Gasteiger partial charge in [-0.15, -0.1) is 0 Å². The molecule has 0 bridgehead atoms. The molecule has 0 radical (unpaired) electrons. The third-order valence-corrected chi connectivity index (χ3v) is 2.26. The molecule has 0 fully saturated rings. The Balaban J connectivity index is 2.29. The second kappa shape index (κ2) is 3.74. The first kappa shape index (κ1) is 9.12. The average molecular weight is 193 g/mol. The molecule has 1 aliphatic rings. The van der Waals surface area contributed by atoms with Gasteiger partial charge in [0.2, 0.25) is 5.95 Å². The molecule has 2 heterocycles. The van der Waals surface area contributed by atoms with Gasteiger partial charge in [-0.3, -0.25) is 4.99 Å². The number of hydrogen-bond donors (Lipinski definition) is 0. The molecule has 1 aromatic heterocycles. The Labute approximate surface area is 82.3 Å². The van der Waals surface area contributed by atoms with E-state index in [1.165, 1.54) is 12.3 Å². The van der Waals surface area contributed by atoms with Crippen LogP contribution in [0.5, 0.6) is 0 Å². The SMILES string of the molecule is CN1CCCN=C1c1ccc(F)nc1. The molecule has 0 N–H and O–H groups in total. The van der Waals surface area contributed by atoms with E-state index in [-0.39, 0.29) is 0 Å². The molecule has 0 aromatic carbocycles. The number of amidine groups is 1. The molecule has 2 rings (SSSR count). The van der Waals surface area contributed by atoms with Crippen LogP contribution in [-0.2, 0) is 0 Å². The Bertz CT molecular complexity index is 345. The number of halogens is 1. The number of aromatic nitrogens is 1. The molecule has 0 unspecified atom stereocenters. The van der Waals surface area contributed by atoms with Crippen LogP contribution in [0.1, 0.15) is 12.0 Å². The summed E-state index contributed by atoms with van der Waals surface area (Å²) in [5.74, 6) is 0.455. The molecule has 0 saturated carbocycles. The highest BCUT2D eigenvalue weighted by atomic mass is 19.1. The standard InChI is InChI=1S/C10H12FN3/c1-14-6-2-5-12-10(14)8-3-4-9(11)13-7-8/h3-4,7H,2,5-6H2,1H3. The largest absolute Gasteiger partial charge is 0.359 e. The van der Waals surface area contributed by atoms with E-state index in [1.807, 2.05) is 7.05 Å². The fourth-order valence-corrected chi connectivity index (χ4v) is 1.54. The van der Waals surface area contributed by atoms with Crippen molar-refractivity contribution in [3.05, 3.63) is 29.8 Å². The molecule has 0 amide bonds. The quantitative estimate of drug-likeness (QED) is 0.629. The summed E-state index contributed by atoms with van der Waals surface area (Å²) in [5, 5.41) is 0. The van der Waals surface area contributed by atoms with Gasteiger partial charge >= 0.3 is 0 Å². The molecule has 1 aliphatic heterocycles. The molecule has 0 aliphatic carbocycles. The molecular formula is C10H12FN3. The van der Waals surface area contributed by atoms with E-state index in [0.717, 1.165) is 30.9 Å². The highest BCUT2D eigenvalue weighted by Gasteiger charge is 2.12. The van der Waals surface area contributed by atoms with Gasteiger partial charge in [0.05, 0.1) is 0 Å². The Morgan fingerprint density at radius 2 is 2.29 bits per heavy atom. The normalized spacial score (nSPS) is 16.7. The smallest absolute Gasteiger partial charge is 0.212 e. The molecule has 74 valence electrons. The maximum absolute atomic E-state index is 12.6. The highest BCUT2D eigenvalue weighted by Crippen LogP contribution is 2.08. The lowest BCUT2D eigenvalue weighted by atomic mass is 10.2. The first-order chi connectivity index (χ1) is 6.77. The molecule has 0 saturated heterocycles. The third-order valence-electron chi connectivity index (χ3n) is 2.26. The number of nitrogens with zero attached hydrogens (tertiary/aromatic N) is 3. The van der Waals surface area contributed by atoms with Crippen LogP contribution in [0, 0.1) is 5.95 Å².